The molecule has 0 radical (unpaired) electrons. The van der Waals surface area contributed by atoms with Crippen molar-refractivity contribution in [3.8, 4) is 11.5 Å². The van der Waals surface area contributed by atoms with E-state index in [1.165, 1.54) is 12.1 Å². The molecule has 2 rings (SSSR count). The van der Waals surface area contributed by atoms with Crippen molar-refractivity contribution in [1.82, 2.24) is 10.6 Å². The number of fused-ring (bicyclic) bond motifs is 1. The molecule has 0 fully saturated rings. The van der Waals surface area contributed by atoms with E-state index in [0.717, 1.165) is 0 Å². The minimum absolute atomic E-state index is 0.105. The number of likely N-dealkylation sites (N-methyl/N-ethyl adjacent to an activating group) is 1. The fraction of sp³-hybridized carbons (Fsp3) is 0.400. The van der Waals surface area contributed by atoms with Crippen molar-refractivity contribution in [2.24, 2.45) is 0 Å². The van der Waals surface area contributed by atoms with Gasteiger partial charge in [0.15, 0.2) is 18.1 Å². The van der Waals surface area contributed by atoms with E-state index in [1.807, 2.05) is 0 Å². The summed E-state index contributed by atoms with van der Waals surface area (Å²) < 4.78 is 15.2. The molecule has 124 valence electrons. The van der Waals surface area contributed by atoms with E-state index in [9.17, 15) is 14.4 Å². The summed E-state index contributed by atoms with van der Waals surface area (Å²) in [6.07, 6.45) is 0. The molecule has 0 saturated carbocycles. The van der Waals surface area contributed by atoms with Gasteiger partial charge in [0.2, 0.25) is 12.7 Å². The first-order chi connectivity index (χ1) is 11.0. The van der Waals surface area contributed by atoms with Crippen molar-refractivity contribution < 1.29 is 28.6 Å². The summed E-state index contributed by atoms with van der Waals surface area (Å²) in [6.45, 7) is 3.42. The van der Waals surface area contributed by atoms with Crippen molar-refractivity contribution in [3.05, 3.63) is 23.8 Å². The predicted molar refractivity (Wildman–Crippen MR) is 79.1 cm³/mol. The molecular weight excluding hydrogens is 304 g/mol. The standard InChI is InChI=1S/C15H18N2O6/c1-3-16-14(19)9(2)17-13(18)7-21-15(20)10-4-5-11-12(6-10)23-8-22-11/h4-6,9H,3,7-8H2,1-2H3,(H,16,19)(H,17,18)/t9-/m1/s1. The van der Waals surface area contributed by atoms with Crippen LogP contribution < -0.4 is 20.1 Å². The van der Waals surface area contributed by atoms with Crippen molar-refractivity contribution in [3.63, 3.8) is 0 Å². The molecule has 1 aromatic rings. The van der Waals surface area contributed by atoms with Crippen LogP contribution in [0.5, 0.6) is 11.5 Å². The number of nitrogens with one attached hydrogen (secondary N) is 2. The van der Waals surface area contributed by atoms with Gasteiger partial charge in [0.25, 0.3) is 5.91 Å². The summed E-state index contributed by atoms with van der Waals surface area (Å²) in [6, 6.07) is 3.90. The molecule has 2 amide bonds. The second-order valence-electron chi connectivity index (χ2n) is 4.83. The summed E-state index contributed by atoms with van der Waals surface area (Å²) in [5.74, 6) is -0.520. The number of carbonyl (C=O) groups excluding carboxylic acids is 3. The second kappa shape index (κ2) is 7.48. The molecule has 0 unspecified atom stereocenters. The fourth-order valence-electron chi connectivity index (χ4n) is 1.91. The number of ether oxygens (including phenoxy) is 3. The number of esters is 1. The molecule has 0 aromatic heterocycles. The van der Waals surface area contributed by atoms with Gasteiger partial charge < -0.3 is 24.8 Å². The van der Waals surface area contributed by atoms with E-state index in [0.29, 0.717) is 18.0 Å². The highest BCUT2D eigenvalue weighted by Crippen LogP contribution is 2.32. The van der Waals surface area contributed by atoms with Gasteiger partial charge in [0, 0.05) is 6.54 Å². The molecular formula is C15H18N2O6. The maximum absolute atomic E-state index is 11.9. The molecule has 1 aliphatic rings. The number of hydrogen-bond acceptors (Lipinski definition) is 6. The van der Waals surface area contributed by atoms with Crippen LogP contribution in [0.3, 0.4) is 0 Å². The Morgan fingerprint density at radius 2 is 2.00 bits per heavy atom. The zero-order valence-corrected chi connectivity index (χ0v) is 12.9. The average molecular weight is 322 g/mol. The Morgan fingerprint density at radius 3 is 2.74 bits per heavy atom. The highest BCUT2D eigenvalue weighted by molar-refractivity contribution is 5.93. The Kier molecular flexibility index (Phi) is 5.40. The number of amides is 2. The van der Waals surface area contributed by atoms with E-state index < -0.39 is 24.5 Å². The average Bonchev–Trinajstić information content (AvgIpc) is 3.00. The lowest BCUT2D eigenvalue weighted by atomic mass is 10.2. The van der Waals surface area contributed by atoms with E-state index in [4.69, 9.17) is 14.2 Å². The van der Waals surface area contributed by atoms with Gasteiger partial charge in [-0.1, -0.05) is 0 Å². The SMILES string of the molecule is CCNC(=O)[C@@H](C)NC(=O)COC(=O)c1ccc2c(c1)OCO2. The maximum Gasteiger partial charge on any atom is 0.338 e. The van der Waals surface area contributed by atoms with Gasteiger partial charge in [-0.25, -0.2) is 4.79 Å². The Labute approximate surface area is 133 Å². The third-order valence-corrected chi connectivity index (χ3v) is 3.06. The van der Waals surface area contributed by atoms with Gasteiger partial charge >= 0.3 is 5.97 Å². The van der Waals surface area contributed by atoms with E-state index in [2.05, 4.69) is 10.6 Å². The third kappa shape index (κ3) is 4.35. The van der Waals surface area contributed by atoms with Crippen LogP contribution in [-0.4, -0.2) is 43.8 Å². The Hall–Kier alpha value is -2.77. The van der Waals surface area contributed by atoms with Crippen LogP contribution in [0.4, 0.5) is 0 Å². The fourth-order valence-corrected chi connectivity index (χ4v) is 1.91. The first kappa shape index (κ1) is 16.6. The summed E-state index contributed by atoms with van der Waals surface area (Å²) in [7, 11) is 0. The summed E-state index contributed by atoms with van der Waals surface area (Å²) in [5, 5.41) is 5.02. The van der Waals surface area contributed by atoms with Crippen molar-refractivity contribution >= 4 is 17.8 Å². The predicted octanol–water partition coefficient (Wildman–Crippen LogP) is 0.213. The van der Waals surface area contributed by atoms with Crippen molar-refractivity contribution in [2.75, 3.05) is 19.9 Å². The van der Waals surface area contributed by atoms with Crippen LogP contribution in [-0.2, 0) is 14.3 Å². The molecule has 8 nitrogen and oxygen atoms in total. The molecule has 1 aromatic carbocycles. The van der Waals surface area contributed by atoms with Crippen LogP contribution in [0, 0.1) is 0 Å². The molecule has 1 heterocycles. The Balaban J connectivity index is 1.82. The first-order valence-electron chi connectivity index (χ1n) is 7.15. The van der Waals surface area contributed by atoms with Crippen molar-refractivity contribution in [1.29, 1.82) is 0 Å². The Bertz CT molecular complexity index is 616. The number of hydrogen-bond donors (Lipinski definition) is 2. The molecule has 1 atom stereocenters. The van der Waals surface area contributed by atoms with Gasteiger partial charge in [-0.2, -0.15) is 0 Å². The van der Waals surface area contributed by atoms with Gasteiger partial charge in [-0.15, -0.1) is 0 Å². The first-order valence-corrected chi connectivity index (χ1v) is 7.15. The molecule has 23 heavy (non-hydrogen) atoms. The summed E-state index contributed by atoms with van der Waals surface area (Å²) >= 11 is 0. The van der Waals surface area contributed by atoms with Gasteiger partial charge in [-0.3, -0.25) is 9.59 Å². The van der Waals surface area contributed by atoms with Crippen LogP contribution >= 0.6 is 0 Å². The van der Waals surface area contributed by atoms with Gasteiger partial charge in [0.05, 0.1) is 5.56 Å². The largest absolute Gasteiger partial charge is 0.454 e. The van der Waals surface area contributed by atoms with Gasteiger partial charge in [-0.05, 0) is 32.0 Å². The van der Waals surface area contributed by atoms with E-state index in [1.54, 1.807) is 19.9 Å². The highest BCUT2D eigenvalue weighted by Gasteiger charge is 2.19. The summed E-state index contributed by atoms with van der Waals surface area (Å²) in [4.78, 5) is 35.1. The lowest BCUT2D eigenvalue weighted by Gasteiger charge is -2.13. The lowest BCUT2D eigenvalue weighted by molar-refractivity contribution is -0.130. The minimum atomic E-state index is -0.702. The molecule has 8 heteroatoms. The van der Waals surface area contributed by atoms with Crippen LogP contribution in [0.15, 0.2) is 18.2 Å². The number of rotatable bonds is 6. The van der Waals surface area contributed by atoms with E-state index in [-0.39, 0.29) is 18.3 Å². The van der Waals surface area contributed by atoms with Crippen LogP contribution in [0.2, 0.25) is 0 Å². The molecule has 0 spiro atoms. The quantitative estimate of drug-likeness (QED) is 0.726. The molecule has 2 N–H and O–H groups in total. The Morgan fingerprint density at radius 1 is 1.26 bits per heavy atom. The molecule has 0 saturated heterocycles. The monoisotopic (exact) mass is 322 g/mol. The summed E-state index contributed by atoms with van der Waals surface area (Å²) in [5.41, 5.74) is 0.249. The topological polar surface area (TPSA) is 103 Å². The number of carbonyl (C=O) groups is 3. The molecule has 1 aliphatic heterocycles. The highest BCUT2D eigenvalue weighted by atomic mass is 16.7. The van der Waals surface area contributed by atoms with Gasteiger partial charge in [0.1, 0.15) is 6.04 Å². The molecule has 0 bridgehead atoms. The molecule has 0 aliphatic carbocycles. The minimum Gasteiger partial charge on any atom is -0.454 e. The normalized spacial score (nSPS) is 13.1. The second-order valence-corrected chi connectivity index (χ2v) is 4.83. The third-order valence-electron chi connectivity index (χ3n) is 3.06. The van der Waals surface area contributed by atoms with Crippen molar-refractivity contribution in [2.45, 2.75) is 19.9 Å². The van der Waals surface area contributed by atoms with Crippen LogP contribution in [0.1, 0.15) is 24.2 Å². The zero-order valence-electron chi connectivity index (χ0n) is 12.9. The lowest BCUT2D eigenvalue weighted by Crippen LogP contribution is -2.46. The number of benzene rings is 1. The maximum atomic E-state index is 11.9. The smallest absolute Gasteiger partial charge is 0.338 e. The van der Waals surface area contributed by atoms with E-state index >= 15 is 0 Å². The van der Waals surface area contributed by atoms with Crippen LogP contribution in [0.25, 0.3) is 0 Å². The zero-order chi connectivity index (χ0) is 16.8.